The average molecular weight is 386 g/mol. The lowest BCUT2D eigenvalue weighted by molar-refractivity contribution is -0.384. The standard InChI is InChI=1S/C20H22N2O6/c1-3-14(2)18(21-20(24)27-13-15-7-5-4-6-8-15)19(23)28-17-11-9-16(10-12-17)22(25)26/h4-12,14,18H,3,13H2,1-2H3,(H,21,24). The molecular weight excluding hydrogens is 364 g/mol. The zero-order valence-electron chi connectivity index (χ0n) is 15.7. The molecule has 0 aliphatic heterocycles. The number of amides is 1. The Labute approximate surface area is 162 Å². The predicted molar refractivity (Wildman–Crippen MR) is 102 cm³/mol. The second-order valence-electron chi connectivity index (χ2n) is 6.24. The van der Waals surface area contributed by atoms with Crippen LogP contribution < -0.4 is 10.1 Å². The number of nitro groups is 1. The van der Waals surface area contributed by atoms with E-state index >= 15 is 0 Å². The van der Waals surface area contributed by atoms with Crippen molar-refractivity contribution in [3.63, 3.8) is 0 Å². The van der Waals surface area contributed by atoms with Crippen molar-refractivity contribution in [3.05, 3.63) is 70.3 Å². The molecule has 0 heterocycles. The number of hydrogen-bond acceptors (Lipinski definition) is 6. The van der Waals surface area contributed by atoms with Crippen molar-refractivity contribution in [1.29, 1.82) is 0 Å². The summed E-state index contributed by atoms with van der Waals surface area (Å²) < 4.78 is 10.4. The molecule has 8 heteroatoms. The van der Waals surface area contributed by atoms with Crippen LogP contribution in [0.3, 0.4) is 0 Å². The van der Waals surface area contributed by atoms with Gasteiger partial charge in [-0.25, -0.2) is 9.59 Å². The van der Waals surface area contributed by atoms with Gasteiger partial charge in [-0.1, -0.05) is 50.6 Å². The van der Waals surface area contributed by atoms with Crippen molar-refractivity contribution in [2.75, 3.05) is 0 Å². The number of carbonyl (C=O) groups excluding carboxylic acids is 2. The van der Waals surface area contributed by atoms with E-state index in [0.29, 0.717) is 6.42 Å². The fraction of sp³-hybridized carbons (Fsp3) is 0.300. The Morgan fingerprint density at radius 2 is 1.75 bits per heavy atom. The minimum atomic E-state index is -0.913. The predicted octanol–water partition coefficient (Wildman–Crippen LogP) is 3.84. The van der Waals surface area contributed by atoms with Crippen LogP contribution in [-0.4, -0.2) is 23.0 Å². The van der Waals surface area contributed by atoms with Crippen molar-refractivity contribution < 1.29 is 24.0 Å². The maximum Gasteiger partial charge on any atom is 0.408 e. The molecule has 2 rings (SSSR count). The molecule has 0 aliphatic carbocycles. The molecule has 28 heavy (non-hydrogen) atoms. The van der Waals surface area contributed by atoms with Gasteiger partial charge in [0.2, 0.25) is 0 Å². The number of non-ortho nitro benzene ring substituents is 1. The molecule has 2 unspecified atom stereocenters. The van der Waals surface area contributed by atoms with Crippen LogP contribution in [-0.2, 0) is 16.1 Å². The molecule has 8 nitrogen and oxygen atoms in total. The minimum absolute atomic E-state index is 0.0807. The monoisotopic (exact) mass is 386 g/mol. The molecule has 0 radical (unpaired) electrons. The summed E-state index contributed by atoms with van der Waals surface area (Å²) in [6.45, 7) is 3.77. The Kier molecular flexibility index (Phi) is 7.50. The van der Waals surface area contributed by atoms with E-state index in [1.54, 1.807) is 6.92 Å². The van der Waals surface area contributed by atoms with E-state index in [2.05, 4.69) is 5.32 Å². The fourth-order valence-electron chi connectivity index (χ4n) is 2.38. The number of benzene rings is 2. The minimum Gasteiger partial charge on any atom is -0.445 e. The van der Waals surface area contributed by atoms with Crippen molar-refractivity contribution in [3.8, 4) is 5.75 Å². The third kappa shape index (κ3) is 6.08. The van der Waals surface area contributed by atoms with Crippen LogP contribution in [0, 0.1) is 16.0 Å². The summed E-state index contributed by atoms with van der Waals surface area (Å²) in [7, 11) is 0. The van der Waals surface area contributed by atoms with Gasteiger partial charge < -0.3 is 14.8 Å². The van der Waals surface area contributed by atoms with Crippen LogP contribution in [0.2, 0.25) is 0 Å². The SMILES string of the molecule is CCC(C)C(NC(=O)OCc1ccccc1)C(=O)Oc1ccc([N+](=O)[O-])cc1. The molecular formula is C20H22N2O6. The molecule has 148 valence electrons. The molecule has 0 saturated carbocycles. The largest absolute Gasteiger partial charge is 0.445 e. The van der Waals surface area contributed by atoms with Gasteiger partial charge in [0.25, 0.3) is 5.69 Å². The van der Waals surface area contributed by atoms with Gasteiger partial charge in [-0.15, -0.1) is 0 Å². The molecule has 2 aromatic carbocycles. The van der Waals surface area contributed by atoms with E-state index < -0.39 is 23.0 Å². The first-order valence-corrected chi connectivity index (χ1v) is 8.84. The number of nitro benzene ring substituents is 1. The molecule has 0 saturated heterocycles. The first kappa shape index (κ1) is 20.9. The summed E-state index contributed by atoms with van der Waals surface area (Å²) >= 11 is 0. The van der Waals surface area contributed by atoms with Gasteiger partial charge in [0, 0.05) is 12.1 Å². The van der Waals surface area contributed by atoms with Gasteiger partial charge in [-0.3, -0.25) is 10.1 Å². The molecule has 2 atom stereocenters. The first-order chi connectivity index (χ1) is 13.4. The number of alkyl carbamates (subject to hydrolysis) is 1. The highest BCUT2D eigenvalue weighted by Gasteiger charge is 2.28. The van der Waals surface area contributed by atoms with Gasteiger partial charge >= 0.3 is 12.1 Å². The Hall–Kier alpha value is -3.42. The Bertz CT molecular complexity index is 807. The summed E-state index contributed by atoms with van der Waals surface area (Å²) in [5, 5.41) is 13.2. The summed E-state index contributed by atoms with van der Waals surface area (Å²) in [6.07, 6.45) is -0.103. The fourth-order valence-corrected chi connectivity index (χ4v) is 2.38. The zero-order chi connectivity index (χ0) is 20.5. The Balaban J connectivity index is 1.98. The molecule has 2 aromatic rings. The highest BCUT2D eigenvalue weighted by molar-refractivity contribution is 5.83. The van der Waals surface area contributed by atoms with Crippen LogP contribution >= 0.6 is 0 Å². The smallest absolute Gasteiger partial charge is 0.408 e. The van der Waals surface area contributed by atoms with E-state index in [1.165, 1.54) is 24.3 Å². The molecule has 1 amide bonds. The van der Waals surface area contributed by atoms with Crippen molar-refractivity contribution in [2.24, 2.45) is 5.92 Å². The van der Waals surface area contributed by atoms with E-state index in [1.807, 2.05) is 37.3 Å². The Morgan fingerprint density at radius 3 is 2.32 bits per heavy atom. The molecule has 0 fully saturated rings. The van der Waals surface area contributed by atoms with Crippen LogP contribution in [0.15, 0.2) is 54.6 Å². The molecule has 1 N–H and O–H groups in total. The van der Waals surface area contributed by atoms with Crippen LogP contribution in [0.25, 0.3) is 0 Å². The van der Waals surface area contributed by atoms with Gasteiger partial charge in [0.05, 0.1) is 4.92 Å². The number of esters is 1. The quantitative estimate of drug-likeness (QED) is 0.320. The highest BCUT2D eigenvalue weighted by atomic mass is 16.6. The topological polar surface area (TPSA) is 108 Å². The second-order valence-corrected chi connectivity index (χ2v) is 6.24. The zero-order valence-corrected chi connectivity index (χ0v) is 15.7. The number of nitrogens with one attached hydrogen (secondary N) is 1. The Morgan fingerprint density at radius 1 is 1.11 bits per heavy atom. The number of hydrogen-bond donors (Lipinski definition) is 1. The molecule has 0 spiro atoms. The van der Waals surface area contributed by atoms with Crippen LogP contribution in [0.5, 0.6) is 5.75 Å². The maximum atomic E-state index is 12.5. The van der Waals surface area contributed by atoms with Crippen molar-refractivity contribution in [1.82, 2.24) is 5.32 Å². The summed E-state index contributed by atoms with van der Waals surface area (Å²) in [5.74, 6) is -0.710. The van der Waals surface area contributed by atoms with E-state index in [-0.39, 0.29) is 24.0 Å². The van der Waals surface area contributed by atoms with Crippen molar-refractivity contribution >= 4 is 17.7 Å². The van der Waals surface area contributed by atoms with Gasteiger partial charge in [-0.05, 0) is 23.6 Å². The number of rotatable bonds is 8. The number of carbonyl (C=O) groups is 2. The number of ether oxygens (including phenoxy) is 2. The molecule has 0 bridgehead atoms. The summed E-state index contributed by atoms with van der Waals surface area (Å²) in [6, 6.07) is 13.4. The molecule has 0 aliphatic rings. The lowest BCUT2D eigenvalue weighted by Crippen LogP contribution is -2.47. The van der Waals surface area contributed by atoms with Gasteiger partial charge in [0.15, 0.2) is 0 Å². The van der Waals surface area contributed by atoms with Gasteiger partial charge in [0.1, 0.15) is 18.4 Å². The highest BCUT2D eigenvalue weighted by Crippen LogP contribution is 2.19. The lowest BCUT2D eigenvalue weighted by atomic mass is 9.99. The normalized spacial score (nSPS) is 12.5. The maximum absolute atomic E-state index is 12.5. The summed E-state index contributed by atoms with van der Waals surface area (Å²) in [4.78, 5) is 34.8. The first-order valence-electron chi connectivity index (χ1n) is 8.84. The second kappa shape index (κ2) is 10.1. The molecule has 0 aromatic heterocycles. The third-order valence-electron chi connectivity index (χ3n) is 4.22. The number of nitrogens with zero attached hydrogens (tertiary/aromatic N) is 1. The van der Waals surface area contributed by atoms with Crippen LogP contribution in [0.1, 0.15) is 25.8 Å². The summed E-state index contributed by atoms with van der Waals surface area (Å²) in [5.41, 5.74) is 0.715. The van der Waals surface area contributed by atoms with E-state index in [4.69, 9.17) is 9.47 Å². The van der Waals surface area contributed by atoms with E-state index in [9.17, 15) is 19.7 Å². The third-order valence-corrected chi connectivity index (χ3v) is 4.22. The van der Waals surface area contributed by atoms with Gasteiger partial charge in [-0.2, -0.15) is 0 Å². The average Bonchev–Trinajstić information content (AvgIpc) is 2.71. The van der Waals surface area contributed by atoms with E-state index in [0.717, 1.165) is 5.56 Å². The van der Waals surface area contributed by atoms with Crippen molar-refractivity contribution in [2.45, 2.75) is 32.9 Å². The van der Waals surface area contributed by atoms with Crippen LogP contribution in [0.4, 0.5) is 10.5 Å². The lowest BCUT2D eigenvalue weighted by Gasteiger charge is -2.22.